The molecule has 128 valence electrons. The summed E-state index contributed by atoms with van der Waals surface area (Å²) in [7, 11) is 1.60. The van der Waals surface area contributed by atoms with Gasteiger partial charge in [-0.1, -0.05) is 25.1 Å². The van der Waals surface area contributed by atoms with Gasteiger partial charge < -0.3 is 14.6 Å². The molecule has 4 nitrogen and oxygen atoms in total. The van der Waals surface area contributed by atoms with Crippen molar-refractivity contribution in [3.8, 4) is 11.5 Å². The highest BCUT2D eigenvalue weighted by Gasteiger charge is 2.22. The maximum atomic E-state index is 11.8. The molecule has 0 aliphatic heterocycles. The topological polar surface area (TPSA) is 55.8 Å². The maximum Gasteiger partial charge on any atom is 0.311 e. The first-order valence-corrected chi connectivity index (χ1v) is 8.14. The van der Waals surface area contributed by atoms with Gasteiger partial charge in [0, 0.05) is 0 Å². The van der Waals surface area contributed by atoms with Crippen LogP contribution in [0.2, 0.25) is 0 Å². The van der Waals surface area contributed by atoms with Crippen LogP contribution in [-0.2, 0) is 11.2 Å². The number of hydrogen-bond donors (Lipinski definition) is 1. The number of aliphatic carboxylic acids is 1. The van der Waals surface area contributed by atoms with Crippen molar-refractivity contribution in [2.24, 2.45) is 0 Å². The summed E-state index contributed by atoms with van der Waals surface area (Å²) < 4.78 is 10.8. The van der Waals surface area contributed by atoms with Gasteiger partial charge in [-0.25, -0.2) is 0 Å². The highest BCUT2D eigenvalue weighted by Crippen LogP contribution is 2.28. The van der Waals surface area contributed by atoms with Crippen LogP contribution in [-0.4, -0.2) is 24.8 Å². The molecule has 0 saturated carbocycles. The number of carbonyl (C=O) groups is 1. The minimum atomic E-state index is -0.830. The molecule has 0 aliphatic carbocycles. The van der Waals surface area contributed by atoms with E-state index in [-0.39, 0.29) is 0 Å². The molecule has 0 radical (unpaired) electrons. The van der Waals surface area contributed by atoms with E-state index in [1.165, 1.54) is 0 Å². The number of methoxy groups -OCH3 is 1. The van der Waals surface area contributed by atoms with Crippen molar-refractivity contribution in [2.75, 3.05) is 13.7 Å². The molecule has 0 saturated heterocycles. The van der Waals surface area contributed by atoms with Gasteiger partial charge in [0.05, 0.1) is 19.6 Å². The van der Waals surface area contributed by atoms with E-state index in [2.05, 4.69) is 6.92 Å². The van der Waals surface area contributed by atoms with Crippen LogP contribution in [0.4, 0.5) is 0 Å². The average molecular weight is 328 g/mol. The number of rotatable bonds is 8. The van der Waals surface area contributed by atoms with E-state index in [1.807, 2.05) is 49.4 Å². The van der Waals surface area contributed by atoms with E-state index in [0.717, 1.165) is 34.6 Å². The zero-order valence-corrected chi connectivity index (χ0v) is 14.4. The first-order chi connectivity index (χ1) is 11.5. The molecule has 2 aromatic carbocycles. The summed E-state index contributed by atoms with van der Waals surface area (Å²) in [6, 6.07) is 13.1. The third kappa shape index (κ3) is 4.51. The highest BCUT2D eigenvalue weighted by molar-refractivity contribution is 5.77. The van der Waals surface area contributed by atoms with Crippen LogP contribution in [0.5, 0.6) is 11.5 Å². The largest absolute Gasteiger partial charge is 0.497 e. The molecule has 0 aliphatic rings. The molecule has 1 N–H and O–H groups in total. The summed E-state index contributed by atoms with van der Waals surface area (Å²) in [6.45, 7) is 4.64. The molecule has 1 atom stereocenters. The van der Waals surface area contributed by atoms with Crippen LogP contribution in [0.1, 0.15) is 36.0 Å². The summed E-state index contributed by atoms with van der Waals surface area (Å²) in [6.07, 6.45) is 1.36. The summed E-state index contributed by atoms with van der Waals surface area (Å²) in [5.41, 5.74) is 2.68. The normalized spacial score (nSPS) is 11.8. The van der Waals surface area contributed by atoms with E-state index in [1.54, 1.807) is 7.11 Å². The highest BCUT2D eigenvalue weighted by atomic mass is 16.5. The van der Waals surface area contributed by atoms with E-state index < -0.39 is 11.9 Å². The number of aryl methyl sites for hydroxylation is 1. The molecule has 24 heavy (non-hydrogen) atoms. The van der Waals surface area contributed by atoms with Gasteiger partial charge in [-0.05, 0) is 60.7 Å². The standard InChI is InChI=1S/C20H24O4/c1-4-10-24-17-8-9-18(14(2)11-17)19(20(21)22)13-15-6-5-7-16(12-15)23-3/h5-9,11-12,19H,4,10,13H2,1-3H3,(H,21,22). The van der Waals surface area contributed by atoms with Crippen molar-refractivity contribution >= 4 is 5.97 Å². The molecule has 2 aromatic rings. The first-order valence-electron chi connectivity index (χ1n) is 8.14. The predicted octanol–water partition coefficient (Wildman–Crippen LogP) is 4.20. The van der Waals surface area contributed by atoms with Crippen LogP contribution in [0.3, 0.4) is 0 Å². The van der Waals surface area contributed by atoms with Crippen LogP contribution in [0, 0.1) is 6.92 Å². The second kappa shape index (κ2) is 8.39. The van der Waals surface area contributed by atoms with E-state index in [9.17, 15) is 9.90 Å². The Balaban J connectivity index is 2.25. The number of ether oxygens (including phenoxy) is 2. The van der Waals surface area contributed by atoms with Gasteiger partial charge in [-0.15, -0.1) is 0 Å². The number of benzene rings is 2. The van der Waals surface area contributed by atoms with Crippen molar-refractivity contribution < 1.29 is 19.4 Å². The molecule has 0 aromatic heterocycles. The number of carboxylic acids is 1. The Hall–Kier alpha value is -2.49. The second-order valence-corrected chi connectivity index (χ2v) is 5.81. The zero-order valence-electron chi connectivity index (χ0n) is 14.4. The third-order valence-corrected chi connectivity index (χ3v) is 3.96. The van der Waals surface area contributed by atoms with Crippen molar-refractivity contribution in [3.63, 3.8) is 0 Å². The van der Waals surface area contributed by atoms with Crippen LogP contribution >= 0.6 is 0 Å². The Morgan fingerprint density at radius 2 is 1.96 bits per heavy atom. The monoisotopic (exact) mass is 328 g/mol. The van der Waals surface area contributed by atoms with Gasteiger partial charge in [0.25, 0.3) is 0 Å². The fourth-order valence-electron chi connectivity index (χ4n) is 2.71. The molecule has 1 unspecified atom stereocenters. The van der Waals surface area contributed by atoms with Crippen LogP contribution in [0.15, 0.2) is 42.5 Å². The van der Waals surface area contributed by atoms with Crippen LogP contribution < -0.4 is 9.47 Å². The van der Waals surface area contributed by atoms with E-state index >= 15 is 0 Å². The summed E-state index contributed by atoms with van der Waals surface area (Å²) in [5.74, 6) is 0.0840. The number of hydrogen-bond acceptors (Lipinski definition) is 3. The van der Waals surface area contributed by atoms with Gasteiger partial charge >= 0.3 is 5.97 Å². The summed E-state index contributed by atoms with van der Waals surface area (Å²) >= 11 is 0. The quantitative estimate of drug-likeness (QED) is 0.789. The fourth-order valence-corrected chi connectivity index (χ4v) is 2.71. The Kier molecular flexibility index (Phi) is 6.24. The van der Waals surface area contributed by atoms with Crippen LogP contribution in [0.25, 0.3) is 0 Å². The van der Waals surface area contributed by atoms with Crippen molar-refractivity contribution in [1.29, 1.82) is 0 Å². The van der Waals surface area contributed by atoms with Gasteiger partial charge in [0.2, 0.25) is 0 Å². The molecule has 0 heterocycles. The Bertz CT molecular complexity index is 694. The molecular weight excluding hydrogens is 304 g/mol. The molecule has 0 fully saturated rings. The van der Waals surface area contributed by atoms with Crippen molar-refractivity contribution in [1.82, 2.24) is 0 Å². The predicted molar refractivity (Wildman–Crippen MR) is 94.0 cm³/mol. The maximum absolute atomic E-state index is 11.8. The third-order valence-electron chi connectivity index (χ3n) is 3.96. The molecular formula is C20H24O4. The van der Waals surface area contributed by atoms with Gasteiger partial charge in [-0.2, -0.15) is 0 Å². The van der Waals surface area contributed by atoms with E-state index in [4.69, 9.17) is 9.47 Å². The number of carboxylic acid groups (broad SMARTS) is 1. The molecule has 0 bridgehead atoms. The van der Waals surface area contributed by atoms with Gasteiger partial charge in [0.15, 0.2) is 0 Å². The average Bonchev–Trinajstić information content (AvgIpc) is 2.58. The molecule has 0 spiro atoms. The Labute approximate surface area is 143 Å². The van der Waals surface area contributed by atoms with E-state index in [0.29, 0.717) is 13.0 Å². The minimum absolute atomic E-state index is 0.419. The summed E-state index contributed by atoms with van der Waals surface area (Å²) in [4.78, 5) is 11.8. The van der Waals surface area contributed by atoms with Crippen molar-refractivity contribution in [2.45, 2.75) is 32.6 Å². The van der Waals surface area contributed by atoms with Gasteiger partial charge in [-0.3, -0.25) is 4.79 Å². The molecule has 2 rings (SSSR count). The lowest BCUT2D eigenvalue weighted by molar-refractivity contribution is -0.138. The first kappa shape index (κ1) is 17.9. The lowest BCUT2D eigenvalue weighted by atomic mass is 9.89. The van der Waals surface area contributed by atoms with Crippen molar-refractivity contribution in [3.05, 3.63) is 59.2 Å². The zero-order chi connectivity index (χ0) is 17.5. The lowest BCUT2D eigenvalue weighted by Gasteiger charge is -2.17. The summed E-state index contributed by atoms with van der Waals surface area (Å²) in [5, 5.41) is 9.69. The molecule has 4 heteroatoms. The Morgan fingerprint density at radius 1 is 1.17 bits per heavy atom. The minimum Gasteiger partial charge on any atom is -0.497 e. The fraction of sp³-hybridized carbons (Fsp3) is 0.350. The molecule has 0 amide bonds. The van der Waals surface area contributed by atoms with Gasteiger partial charge in [0.1, 0.15) is 11.5 Å². The smallest absolute Gasteiger partial charge is 0.311 e. The second-order valence-electron chi connectivity index (χ2n) is 5.81. The Morgan fingerprint density at radius 3 is 2.58 bits per heavy atom. The lowest BCUT2D eigenvalue weighted by Crippen LogP contribution is -2.16. The SMILES string of the molecule is CCCOc1ccc(C(Cc2cccc(OC)c2)C(=O)O)c(C)c1.